The van der Waals surface area contributed by atoms with Gasteiger partial charge < -0.3 is 10.6 Å². The van der Waals surface area contributed by atoms with Gasteiger partial charge in [-0.05, 0) is 37.3 Å². The maximum atomic E-state index is 12.0. The summed E-state index contributed by atoms with van der Waals surface area (Å²) in [5, 5.41) is 6.02. The first-order valence-corrected chi connectivity index (χ1v) is 6.80. The maximum Gasteiger partial charge on any atom is 0.319 e. The Morgan fingerprint density at radius 1 is 1.22 bits per heavy atom. The standard InChI is InChI=1S/C15H22N2O/c1-11-7-3-5-9-13(11)16-15(18)17-14-10-6-4-8-12(14)2/h3,5,7,9,12,14H,4,6,8,10H2,1-2H3,(H2,16,17,18)/t12-,14+/m0/s1. The van der Waals surface area contributed by atoms with Crippen LogP contribution in [0.15, 0.2) is 24.3 Å². The largest absolute Gasteiger partial charge is 0.335 e. The third-order valence-electron chi connectivity index (χ3n) is 3.82. The number of para-hydroxylation sites is 1. The molecule has 98 valence electrons. The number of amides is 2. The number of nitrogens with one attached hydrogen (secondary N) is 2. The third-order valence-corrected chi connectivity index (χ3v) is 3.82. The quantitative estimate of drug-likeness (QED) is 0.821. The summed E-state index contributed by atoms with van der Waals surface area (Å²) in [5.74, 6) is 0.585. The Morgan fingerprint density at radius 3 is 2.67 bits per heavy atom. The Kier molecular flexibility index (Phi) is 4.24. The monoisotopic (exact) mass is 246 g/mol. The zero-order chi connectivity index (χ0) is 13.0. The van der Waals surface area contributed by atoms with Crippen molar-refractivity contribution in [3.8, 4) is 0 Å². The molecule has 1 aliphatic carbocycles. The van der Waals surface area contributed by atoms with E-state index < -0.39 is 0 Å². The first-order chi connectivity index (χ1) is 8.66. The lowest BCUT2D eigenvalue weighted by atomic mass is 9.86. The number of hydrogen-bond donors (Lipinski definition) is 2. The minimum Gasteiger partial charge on any atom is -0.335 e. The number of hydrogen-bond acceptors (Lipinski definition) is 1. The smallest absolute Gasteiger partial charge is 0.319 e. The predicted molar refractivity (Wildman–Crippen MR) is 74.8 cm³/mol. The fraction of sp³-hybridized carbons (Fsp3) is 0.533. The fourth-order valence-corrected chi connectivity index (χ4v) is 2.57. The van der Waals surface area contributed by atoms with Crippen molar-refractivity contribution in [1.82, 2.24) is 5.32 Å². The molecule has 1 aromatic carbocycles. The highest BCUT2D eigenvalue weighted by atomic mass is 16.2. The van der Waals surface area contributed by atoms with Crippen molar-refractivity contribution in [2.45, 2.75) is 45.6 Å². The molecule has 0 saturated heterocycles. The molecule has 2 amide bonds. The summed E-state index contributed by atoms with van der Waals surface area (Å²) in [6, 6.07) is 8.08. The van der Waals surface area contributed by atoms with E-state index in [-0.39, 0.29) is 6.03 Å². The molecular weight excluding hydrogens is 224 g/mol. The van der Waals surface area contributed by atoms with Crippen LogP contribution in [0.5, 0.6) is 0 Å². The number of carbonyl (C=O) groups is 1. The van der Waals surface area contributed by atoms with Crippen LogP contribution < -0.4 is 10.6 Å². The summed E-state index contributed by atoms with van der Waals surface area (Å²) < 4.78 is 0. The van der Waals surface area contributed by atoms with Crippen molar-refractivity contribution in [3.05, 3.63) is 29.8 Å². The lowest BCUT2D eigenvalue weighted by molar-refractivity contribution is 0.232. The molecule has 1 aromatic rings. The summed E-state index contributed by atoms with van der Waals surface area (Å²) in [5.41, 5.74) is 1.97. The van der Waals surface area contributed by atoms with Gasteiger partial charge in [-0.1, -0.05) is 38.0 Å². The van der Waals surface area contributed by atoms with E-state index in [4.69, 9.17) is 0 Å². The van der Waals surface area contributed by atoms with E-state index in [2.05, 4.69) is 17.6 Å². The van der Waals surface area contributed by atoms with Crippen LogP contribution in [0.4, 0.5) is 10.5 Å². The molecule has 1 fully saturated rings. The van der Waals surface area contributed by atoms with Crippen LogP contribution >= 0.6 is 0 Å². The Labute approximate surface area is 109 Å². The van der Waals surface area contributed by atoms with E-state index in [0.717, 1.165) is 17.7 Å². The van der Waals surface area contributed by atoms with Gasteiger partial charge in [0, 0.05) is 11.7 Å². The molecule has 0 heterocycles. The molecule has 1 aliphatic rings. The summed E-state index contributed by atoms with van der Waals surface area (Å²) in [7, 11) is 0. The Hall–Kier alpha value is -1.51. The fourth-order valence-electron chi connectivity index (χ4n) is 2.57. The van der Waals surface area contributed by atoms with Crippen molar-refractivity contribution in [3.63, 3.8) is 0 Å². The molecule has 0 aromatic heterocycles. The molecular formula is C15H22N2O. The molecule has 3 nitrogen and oxygen atoms in total. The lowest BCUT2D eigenvalue weighted by Crippen LogP contribution is -2.43. The van der Waals surface area contributed by atoms with Gasteiger partial charge in [-0.2, -0.15) is 0 Å². The minimum absolute atomic E-state index is 0.0805. The van der Waals surface area contributed by atoms with Crippen molar-refractivity contribution in [1.29, 1.82) is 0 Å². The van der Waals surface area contributed by atoms with Crippen molar-refractivity contribution in [2.24, 2.45) is 5.92 Å². The Morgan fingerprint density at radius 2 is 1.94 bits per heavy atom. The van der Waals surface area contributed by atoms with Crippen LogP contribution in [0.25, 0.3) is 0 Å². The summed E-state index contributed by atoms with van der Waals surface area (Å²) in [6.45, 7) is 4.22. The SMILES string of the molecule is Cc1ccccc1NC(=O)N[C@@H]1CCCC[C@@H]1C. The zero-order valence-corrected chi connectivity index (χ0v) is 11.2. The third kappa shape index (κ3) is 3.25. The van der Waals surface area contributed by atoms with Gasteiger partial charge >= 0.3 is 6.03 Å². The van der Waals surface area contributed by atoms with Gasteiger partial charge in [0.15, 0.2) is 0 Å². The van der Waals surface area contributed by atoms with E-state index in [1.54, 1.807) is 0 Å². The van der Waals surface area contributed by atoms with Crippen molar-refractivity contribution >= 4 is 11.7 Å². The highest BCUT2D eigenvalue weighted by molar-refractivity contribution is 5.90. The van der Waals surface area contributed by atoms with E-state index >= 15 is 0 Å². The number of aryl methyl sites for hydroxylation is 1. The molecule has 0 aliphatic heterocycles. The topological polar surface area (TPSA) is 41.1 Å². The molecule has 2 rings (SSSR count). The van der Waals surface area contributed by atoms with Gasteiger partial charge in [-0.15, -0.1) is 0 Å². The first kappa shape index (κ1) is 12.9. The van der Waals surface area contributed by atoms with Crippen molar-refractivity contribution < 1.29 is 4.79 Å². The van der Waals surface area contributed by atoms with E-state index in [1.165, 1.54) is 19.3 Å². The zero-order valence-electron chi connectivity index (χ0n) is 11.2. The predicted octanol–water partition coefficient (Wildman–Crippen LogP) is 3.70. The van der Waals surface area contributed by atoms with Crippen LogP contribution in [0.3, 0.4) is 0 Å². The van der Waals surface area contributed by atoms with Crippen LogP contribution in [0.1, 0.15) is 38.2 Å². The van der Waals surface area contributed by atoms with Gasteiger partial charge in [-0.3, -0.25) is 0 Å². The number of anilines is 1. The minimum atomic E-state index is -0.0805. The molecule has 1 saturated carbocycles. The van der Waals surface area contributed by atoms with Crippen LogP contribution in [0.2, 0.25) is 0 Å². The van der Waals surface area contributed by atoms with Crippen LogP contribution in [-0.2, 0) is 0 Å². The highest BCUT2D eigenvalue weighted by Crippen LogP contribution is 2.23. The summed E-state index contributed by atoms with van der Waals surface area (Å²) in [4.78, 5) is 12.0. The first-order valence-electron chi connectivity index (χ1n) is 6.80. The van der Waals surface area contributed by atoms with Crippen LogP contribution in [0, 0.1) is 12.8 Å². The van der Waals surface area contributed by atoms with E-state index in [1.807, 2.05) is 31.2 Å². The maximum absolute atomic E-state index is 12.0. The van der Waals surface area contributed by atoms with E-state index in [0.29, 0.717) is 12.0 Å². The number of carbonyl (C=O) groups excluding carboxylic acids is 1. The van der Waals surface area contributed by atoms with Gasteiger partial charge in [0.1, 0.15) is 0 Å². The summed E-state index contributed by atoms with van der Waals surface area (Å²) >= 11 is 0. The van der Waals surface area contributed by atoms with Gasteiger partial charge in [-0.25, -0.2) is 4.79 Å². The second-order valence-electron chi connectivity index (χ2n) is 5.28. The normalized spacial score (nSPS) is 23.4. The van der Waals surface area contributed by atoms with Gasteiger partial charge in [0.2, 0.25) is 0 Å². The molecule has 0 bridgehead atoms. The highest BCUT2D eigenvalue weighted by Gasteiger charge is 2.22. The second-order valence-corrected chi connectivity index (χ2v) is 5.28. The average Bonchev–Trinajstić information content (AvgIpc) is 2.35. The molecule has 0 spiro atoms. The number of rotatable bonds is 2. The molecule has 2 N–H and O–H groups in total. The number of urea groups is 1. The molecule has 2 atom stereocenters. The summed E-state index contributed by atoms with van der Waals surface area (Å²) in [6.07, 6.45) is 4.83. The molecule has 0 unspecified atom stereocenters. The van der Waals surface area contributed by atoms with E-state index in [9.17, 15) is 4.79 Å². The Balaban J connectivity index is 1.90. The Bertz CT molecular complexity index is 417. The number of benzene rings is 1. The lowest BCUT2D eigenvalue weighted by Gasteiger charge is -2.29. The van der Waals surface area contributed by atoms with Gasteiger partial charge in [0.05, 0.1) is 0 Å². The van der Waals surface area contributed by atoms with Gasteiger partial charge in [0.25, 0.3) is 0 Å². The average molecular weight is 246 g/mol. The molecule has 3 heteroatoms. The van der Waals surface area contributed by atoms with Crippen molar-refractivity contribution in [2.75, 3.05) is 5.32 Å². The second kappa shape index (κ2) is 5.89. The molecule has 0 radical (unpaired) electrons. The molecule has 18 heavy (non-hydrogen) atoms. The van der Waals surface area contributed by atoms with Crippen LogP contribution in [-0.4, -0.2) is 12.1 Å².